The number of carbonyl (C=O) groups excluding carboxylic acids is 1. The van der Waals surface area contributed by atoms with Crippen molar-refractivity contribution in [2.45, 2.75) is 26.3 Å². The molecule has 21 heavy (non-hydrogen) atoms. The van der Waals surface area contributed by atoms with E-state index in [1.807, 2.05) is 75.4 Å². The Balaban J connectivity index is 2.12. The Morgan fingerprint density at radius 1 is 1.00 bits per heavy atom. The molecule has 0 aliphatic rings. The van der Waals surface area contributed by atoms with Gasteiger partial charge in [-0.25, -0.2) is 4.79 Å². The van der Waals surface area contributed by atoms with Gasteiger partial charge in [0, 0.05) is 12.7 Å². The van der Waals surface area contributed by atoms with Gasteiger partial charge in [-0.2, -0.15) is 0 Å². The molecule has 0 atom stereocenters. The summed E-state index contributed by atoms with van der Waals surface area (Å²) in [6, 6.07) is 17.8. The lowest BCUT2D eigenvalue weighted by Gasteiger charge is -2.30. The minimum Gasteiger partial charge on any atom is -0.329 e. The number of amides is 2. The summed E-state index contributed by atoms with van der Waals surface area (Å²) < 4.78 is 0. The Kier molecular flexibility index (Phi) is 4.32. The number of carbonyl (C=O) groups is 1. The van der Waals surface area contributed by atoms with Crippen molar-refractivity contribution >= 4 is 11.7 Å². The van der Waals surface area contributed by atoms with E-state index in [9.17, 15) is 4.79 Å². The quantitative estimate of drug-likeness (QED) is 0.904. The first-order chi connectivity index (χ1) is 9.90. The highest BCUT2D eigenvalue weighted by Crippen LogP contribution is 2.21. The fourth-order valence-corrected chi connectivity index (χ4v) is 2.16. The molecule has 2 aromatic carbocycles. The molecule has 0 saturated carbocycles. The van der Waals surface area contributed by atoms with Crippen LogP contribution in [-0.2, 0) is 5.54 Å². The number of hydrogen-bond donors (Lipinski definition) is 1. The van der Waals surface area contributed by atoms with E-state index in [-0.39, 0.29) is 6.03 Å². The van der Waals surface area contributed by atoms with E-state index in [0.717, 1.165) is 11.3 Å². The number of aryl methyl sites for hydroxylation is 1. The number of benzene rings is 2. The van der Waals surface area contributed by atoms with Gasteiger partial charge in [-0.3, -0.25) is 4.90 Å². The molecule has 0 aliphatic carbocycles. The summed E-state index contributed by atoms with van der Waals surface area (Å²) >= 11 is 0. The SMILES string of the molecule is Cc1ccc(N(C)C(=O)NC(C)(C)c2ccccc2)cc1. The van der Waals surface area contributed by atoms with E-state index >= 15 is 0 Å². The predicted molar refractivity (Wildman–Crippen MR) is 87.6 cm³/mol. The minimum atomic E-state index is -0.419. The number of nitrogens with zero attached hydrogens (tertiary/aromatic N) is 1. The number of urea groups is 1. The average molecular weight is 282 g/mol. The molecule has 3 nitrogen and oxygen atoms in total. The van der Waals surface area contributed by atoms with Crippen LogP contribution in [0.25, 0.3) is 0 Å². The van der Waals surface area contributed by atoms with Crippen LogP contribution in [0.4, 0.5) is 10.5 Å². The lowest BCUT2D eigenvalue weighted by Crippen LogP contribution is -2.47. The van der Waals surface area contributed by atoms with E-state index in [2.05, 4.69) is 5.32 Å². The second-order valence-electron chi connectivity index (χ2n) is 5.82. The van der Waals surface area contributed by atoms with Gasteiger partial charge < -0.3 is 5.32 Å². The van der Waals surface area contributed by atoms with Gasteiger partial charge in [0.25, 0.3) is 0 Å². The molecule has 0 saturated heterocycles. The fourth-order valence-electron chi connectivity index (χ4n) is 2.16. The second-order valence-corrected chi connectivity index (χ2v) is 5.82. The lowest BCUT2D eigenvalue weighted by molar-refractivity contribution is 0.237. The van der Waals surface area contributed by atoms with Gasteiger partial charge >= 0.3 is 6.03 Å². The van der Waals surface area contributed by atoms with Crippen LogP contribution in [0.3, 0.4) is 0 Å². The van der Waals surface area contributed by atoms with Crippen molar-refractivity contribution in [1.29, 1.82) is 0 Å². The van der Waals surface area contributed by atoms with Crippen molar-refractivity contribution in [3.05, 3.63) is 65.7 Å². The van der Waals surface area contributed by atoms with Crippen LogP contribution in [0, 0.1) is 6.92 Å². The van der Waals surface area contributed by atoms with Crippen molar-refractivity contribution in [2.24, 2.45) is 0 Å². The van der Waals surface area contributed by atoms with Crippen LogP contribution < -0.4 is 10.2 Å². The molecule has 0 heterocycles. The first-order valence-electron chi connectivity index (χ1n) is 7.08. The maximum Gasteiger partial charge on any atom is 0.322 e. The van der Waals surface area contributed by atoms with Crippen molar-refractivity contribution < 1.29 is 4.79 Å². The Bertz CT molecular complexity index is 603. The highest BCUT2D eigenvalue weighted by Gasteiger charge is 2.24. The van der Waals surface area contributed by atoms with Crippen LogP contribution in [0.2, 0.25) is 0 Å². The van der Waals surface area contributed by atoms with E-state index in [0.29, 0.717) is 0 Å². The summed E-state index contributed by atoms with van der Waals surface area (Å²) in [5.74, 6) is 0. The molecule has 0 aliphatic heterocycles. The molecule has 0 bridgehead atoms. The molecule has 2 aromatic rings. The van der Waals surface area contributed by atoms with Gasteiger partial charge in [0.2, 0.25) is 0 Å². The second kappa shape index (κ2) is 6.00. The van der Waals surface area contributed by atoms with Gasteiger partial charge in [-0.15, -0.1) is 0 Å². The summed E-state index contributed by atoms with van der Waals surface area (Å²) in [5.41, 5.74) is 2.71. The summed E-state index contributed by atoms with van der Waals surface area (Å²) in [6.07, 6.45) is 0. The Labute approximate surface area is 126 Å². The fraction of sp³-hybridized carbons (Fsp3) is 0.278. The third-order valence-electron chi connectivity index (χ3n) is 3.64. The summed E-state index contributed by atoms with van der Waals surface area (Å²) in [7, 11) is 1.78. The maximum absolute atomic E-state index is 12.4. The molecule has 0 unspecified atom stereocenters. The molecule has 0 aromatic heterocycles. The summed E-state index contributed by atoms with van der Waals surface area (Å²) in [5, 5.41) is 3.07. The Hall–Kier alpha value is -2.29. The molecular formula is C18H22N2O. The van der Waals surface area contributed by atoms with Crippen molar-refractivity contribution in [2.75, 3.05) is 11.9 Å². The third kappa shape index (κ3) is 3.63. The molecule has 0 fully saturated rings. The Morgan fingerprint density at radius 2 is 1.57 bits per heavy atom. The highest BCUT2D eigenvalue weighted by atomic mass is 16.2. The zero-order valence-corrected chi connectivity index (χ0v) is 13.1. The van der Waals surface area contributed by atoms with Crippen molar-refractivity contribution in [3.63, 3.8) is 0 Å². The first-order valence-corrected chi connectivity index (χ1v) is 7.08. The van der Waals surface area contributed by atoms with E-state index in [1.165, 1.54) is 5.56 Å². The van der Waals surface area contributed by atoms with Crippen molar-refractivity contribution in [1.82, 2.24) is 5.32 Å². The molecule has 2 amide bonds. The first kappa shape index (κ1) is 15.1. The molecule has 3 heteroatoms. The number of hydrogen-bond acceptors (Lipinski definition) is 1. The molecule has 0 spiro atoms. The normalized spacial score (nSPS) is 11.0. The van der Waals surface area contributed by atoms with E-state index in [1.54, 1.807) is 11.9 Å². The molecule has 110 valence electrons. The van der Waals surface area contributed by atoms with Crippen LogP contribution in [0.15, 0.2) is 54.6 Å². The van der Waals surface area contributed by atoms with Crippen LogP contribution in [0.5, 0.6) is 0 Å². The zero-order valence-electron chi connectivity index (χ0n) is 13.1. The van der Waals surface area contributed by atoms with Gasteiger partial charge in [-0.1, -0.05) is 48.0 Å². The standard InChI is InChI=1S/C18H22N2O/c1-14-10-12-16(13-11-14)20(4)17(21)19-18(2,3)15-8-6-5-7-9-15/h5-13H,1-4H3,(H,19,21). The Morgan fingerprint density at radius 3 is 2.14 bits per heavy atom. The summed E-state index contributed by atoms with van der Waals surface area (Å²) in [6.45, 7) is 6.04. The smallest absolute Gasteiger partial charge is 0.322 e. The zero-order chi connectivity index (χ0) is 15.5. The largest absolute Gasteiger partial charge is 0.329 e. The van der Waals surface area contributed by atoms with Gasteiger partial charge in [0.15, 0.2) is 0 Å². The van der Waals surface area contributed by atoms with Crippen LogP contribution >= 0.6 is 0 Å². The van der Waals surface area contributed by atoms with E-state index in [4.69, 9.17) is 0 Å². The molecule has 1 N–H and O–H groups in total. The van der Waals surface area contributed by atoms with Gasteiger partial charge in [0.05, 0.1) is 5.54 Å². The number of rotatable bonds is 3. The topological polar surface area (TPSA) is 32.3 Å². The number of nitrogens with one attached hydrogen (secondary N) is 1. The average Bonchev–Trinajstić information content (AvgIpc) is 2.48. The monoisotopic (exact) mass is 282 g/mol. The molecule has 2 rings (SSSR count). The lowest BCUT2D eigenvalue weighted by atomic mass is 9.94. The highest BCUT2D eigenvalue weighted by molar-refractivity contribution is 5.91. The predicted octanol–water partition coefficient (Wildman–Crippen LogP) is 4.08. The summed E-state index contributed by atoms with van der Waals surface area (Å²) in [4.78, 5) is 14.1. The van der Waals surface area contributed by atoms with Gasteiger partial charge in [-0.05, 0) is 38.5 Å². The number of anilines is 1. The third-order valence-corrected chi connectivity index (χ3v) is 3.64. The van der Waals surface area contributed by atoms with E-state index < -0.39 is 5.54 Å². The molecule has 0 radical (unpaired) electrons. The van der Waals surface area contributed by atoms with Crippen LogP contribution in [-0.4, -0.2) is 13.1 Å². The minimum absolute atomic E-state index is 0.118. The van der Waals surface area contributed by atoms with Crippen LogP contribution in [0.1, 0.15) is 25.0 Å². The molecular weight excluding hydrogens is 260 g/mol. The maximum atomic E-state index is 12.4. The van der Waals surface area contributed by atoms with Gasteiger partial charge in [0.1, 0.15) is 0 Å². The van der Waals surface area contributed by atoms with Crippen molar-refractivity contribution in [3.8, 4) is 0 Å².